The summed E-state index contributed by atoms with van der Waals surface area (Å²) < 4.78 is 85.6. The minimum absolute atomic E-state index is 0.0417. The molecule has 3 nitrogen and oxygen atoms in total. The van der Waals surface area contributed by atoms with Gasteiger partial charge in [0.2, 0.25) is 0 Å². The molecule has 3 aromatic carbocycles. The van der Waals surface area contributed by atoms with Crippen LogP contribution >= 0.6 is 11.6 Å². The van der Waals surface area contributed by atoms with Gasteiger partial charge in [0.15, 0.2) is 5.58 Å². The fourth-order valence-electron chi connectivity index (χ4n) is 3.17. The van der Waals surface area contributed by atoms with Crippen LogP contribution in [0.5, 0.6) is 0 Å². The van der Waals surface area contributed by atoms with Gasteiger partial charge in [-0.3, -0.25) is 0 Å². The molecule has 0 bridgehead atoms. The topological polar surface area (TPSA) is 31.6 Å². The minimum Gasteiger partial charge on any atom is -0.454 e. The first-order valence-electron chi connectivity index (χ1n) is 12.5. The molecule has 1 aliphatic heterocycles. The summed E-state index contributed by atoms with van der Waals surface area (Å²) in [5.74, 6) is 0. The summed E-state index contributed by atoms with van der Waals surface area (Å²) in [6, 6.07) is -3.24. The second kappa shape index (κ2) is 5.51. The van der Waals surface area contributed by atoms with E-state index in [2.05, 4.69) is 0 Å². The van der Waals surface area contributed by atoms with Crippen LogP contribution in [0.2, 0.25) is 5.02 Å². The first-order valence-corrected chi connectivity index (χ1v) is 8.89. The highest BCUT2D eigenvalue weighted by Crippen LogP contribution is 2.39. The lowest BCUT2D eigenvalue weighted by Gasteiger charge is -2.32. The smallest absolute Gasteiger partial charge is 0.454 e. The standard InChI is InChI=1S/C22H20BClO3/c1-21(2)22(3,4)27-23(26-21)16-9-10-17(24)20-19(16)15-11-13-7-5-6-8-14(13)12-18(15)25-20/h5-12H,1-4H3/i5D,6D,7D,8D,9D,10D,11D,12D. The van der Waals surface area contributed by atoms with Crippen molar-refractivity contribution in [2.24, 2.45) is 0 Å². The van der Waals surface area contributed by atoms with Gasteiger partial charge in [0.05, 0.1) is 27.2 Å². The zero-order valence-corrected chi connectivity index (χ0v) is 15.9. The number of fused-ring (bicyclic) bond motifs is 4. The number of halogens is 1. The molecule has 0 atom stereocenters. The molecule has 1 aromatic heterocycles. The third-order valence-corrected chi connectivity index (χ3v) is 5.61. The van der Waals surface area contributed by atoms with E-state index in [0.717, 1.165) is 0 Å². The molecule has 0 amide bonds. The predicted molar refractivity (Wildman–Crippen MR) is 112 cm³/mol. The van der Waals surface area contributed by atoms with E-state index in [1.807, 2.05) is 27.7 Å². The number of benzene rings is 3. The summed E-state index contributed by atoms with van der Waals surface area (Å²) in [6.07, 6.45) is 0. The normalized spacial score (nSPS) is 22.9. The van der Waals surface area contributed by atoms with Crippen LogP contribution < -0.4 is 5.46 Å². The highest BCUT2D eigenvalue weighted by Gasteiger charge is 2.52. The molecule has 0 aliphatic carbocycles. The second-order valence-corrected chi connectivity index (χ2v) is 7.95. The van der Waals surface area contributed by atoms with E-state index < -0.39 is 42.5 Å². The fraction of sp³-hybridized carbons (Fsp3) is 0.273. The van der Waals surface area contributed by atoms with Crippen LogP contribution in [0.25, 0.3) is 32.7 Å². The predicted octanol–water partition coefficient (Wildman–Crippen LogP) is 5.69. The summed E-state index contributed by atoms with van der Waals surface area (Å²) in [5, 5.41) is -0.296. The molecule has 136 valence electrons. The number of rotatable bonds is 1. The number of hydrogen-bond donors (Lipinski definition) is 0. The molecule has 4 aromatic rings. The molecule has 0 N–H and O–H groups in total. The lowest BCUT2D eigenvalue weighted by Crippen LogP contribution is -2.41. The van der Waals surface area contributed by atoms with Crippen LogP contribution in [0.3, 0.4) is 0 Å². The van der Waals surface area contributed by atoms with Crippen molar-refractivity contribution in [2.45, 2.75) is 38.9 Å². The Balaban J connectivity index is 2.02. The van der Waals surface area contributed by atoms with Crippen molar-refractivity contribution in [1.82, 2.24) is 0 Å². The van der Waals surface area contributed by atoms with Crippen LogP contribution in [0.4, 0.5) is 0 Å². The fourth-order valence-corrected chi connectivity index (χ4v) is 3.35. The van der Waals surface area contributed by atoms with Gasteiger partial charge in [-0.2, -0.15) is 0 Å². The molecule has 1 aliphatic rings. The van der Waals surface area contributed by atoms with E-state index in [4.69, 9.17) is 36.3 Å². The third kappa shape index (κ3) is 2.44. The van der Waals surface area contributed by atoms with Crippen LogP contribution in [-0.2, 0) is 9.31 Å². The zero-order chi connectivity index (χ0) is 25.9. The van der Waals surface area contributed by atoms with Gasteiger partial charge in [0, 0.05) is 10.8 Å². The van der Waals surface area contributed by atoms with Crippen molar-refractivity contribution in [3.63, 3.8) is 0 Å². The molecule has 1 saturated heterocycles. The Morgan fingerprint density at radius 1 is 0.926 bits per heavy atom. The van der Waals surface area contributed by atoms with Crippen LogP contribution in [0, 0.1) is 0 Å². The van der Waals surface area contributed by atoms with E-state index in [-0.39, 0.29) is 67.4 Å². The van der Waals surface area contributed by atoms with Gasteiger partial charge in [-0.05, 0) is 62.1 Å². The van der Waals surface area contributed by atoms with E-state index in [9.17, 15) is 0 Å². The average Bonchev–Trinajstić information content (AvgIpc) is 3.26. The Morgan fingerprint density at radius 2 is 1.56 bits per heavy atom. The second-order valence-electron chi connectivity index (χ2n) is 7.58. The molecule has 0 saturated carbocycles. The summed E-state index contributed by atoms with van der Waals surface area (Å²) in [5.41, 5.74) is -1.60. The molecule has 27 heavy (non-hydrogen) atoms. The Kier molecular flexibility index (Phi) is 2.15. The van der Waals surface area contributed by atoms with E-state index in [1.165, 1.54) is 0 Å². The minimum atomic E-state index is -1.11. The van der Waals surface area contributed by atoms with Crippen molar-refractivity contribution >= 4 is 56.9 Å². The van der Waals surface area contributed by atoms with Crippen molar-refractivity contribution in [3.8, 4) is 0 Å². The molecule has 2 heterocycles. The monoisotopic (exact) mass is 386 g/mol. The maximum absolute atomic E-state index is 8.93. The lowest BCUT2D eigenvalue weighted by molar-refractivity contribution is 0.00578. The highest BCUT2D eigenvalue weighted by atomic mass is 35.5. The SMILES string of the molecule is [2H]c1c([2H])c(B2OC(C)(C)C(C)(C)O2)c2c(oc3c([2H])c4c([2H])c([2H])c([2H])c([2H])c4c([2H])c32)c1Cl. The van der Waals surface area contributed by atoms with Crippen molar-refractivity contribution in [1.29, 1.82) is 0 Å². The van der Waals surface area contributed by atoms with Crippen molar-refractivity contribution < 1.29 is 24.7 Å². The van der Waals surface area contributed by atoms with Gasteiger partial charge in [0.25, 0.3) is 0 Å². The summed E-state index contributed by atoms with van der Waals surface area (Å²) in [7, 11) is -1.11. The van der Waals surface area contributed by atoms with Crippen LogP contribution in [-0.4, -0.2) is 18.3 Å². The third-order valence-electron chi connectivity index (χ3n) is 5.35. The maximum Gasteiger partial charge on any atom is 0.495 e. The van der Waals surface area contributed by atoms with Gasteiger partial charge in [0.1, 0.15) is 5.58 Å². The van der Waals surface area contributed by atoms with Crippen LogP contribution in [0.15, 0.2) is 52.8 Å². The Morgan fingerprint density at radius 3 is 2.22 bits per heavy atom. The zero-order valence-electron chi connectivity index (χ0n) is 23.2. The van der Waals surface area contributed by atoms with Gasteiger partial charge in [-0.15, -0.1) is 0 Å². The Bertz CT molecular complexity index is 1600. The molecular formula is C22H20BClO3. The summed E-state index contributed by atoms with van der Waals surface area (Å²) in [4.78, 5) is 0. The first kappa shape index (κ1) is 10.5. The van der Waals surface area contributed by atoms with Crippen LogP contribution in [0.1, 0.15) is 38.7 Å². The van der Waals surface area contributed by atoms with Gasteiger partial charge in [-0.25, -0.2) is 0 Å². The van der Waals surface area contributed by atoms with Gasteiger partial charge < -0.3 is 13.7 Å². The Labute approximate surface area is 174 Å². The molecular weight excluding hydrogens is 359 g/mol. The Hall–Kier alpha value is -2.01. The molecule has 0 spiro atoms. The summed E-state index contributed by atoms with van der Waals surface area (Å²) in [6.45, 7) is 7.34. The molecule has 5 rings (SSSR count). The highest BCUT2D eigenvalue weighted by molar-refractivity contribution is 6.66. The average molecular weight is 387 g/mol. The largest absolute Gasteiger partial charge is 0.495 e. The quantitative estimate of drug-likeness (QED) is 0.394. The summed E-state index contributed by atoms with van der Waals surface area (Å²) >= 11 is 6.40. The van der Waals surface area contributed by atoms with Gasteiger partial charge in [-0.1, -0.05) is 41.8 Å². The molecule has 5 heteroatoms. The number of hydrogen-bond acceptors (Lipinski definition) is 3. The first-order chi connectivity index (χ1) is 16.1. The van der Waals surface area contributed by atoms with E-state index in [1.54, 1.807) is 0 Å². The number of furan rings is 1. The van der Waals surface area contributed by atoms with Crippen molar-refractivity contribution in [2.75, 3.05) is 0 Å². The maximum atomic E-state index is 8.93. The van der Waals surface area contributed by atoms with E-state index >= 15 is 0 Å². The van der Waals surface area contributed by atoms with Crippen molar-refractivity contribution in [3.05, 3.63) is 53.4 Å². The molecule has 1 fully saturated rings. The lowest BCUT2D eigenvalue weighted by atomic mass is 9.76. The van der Waals surface area contributed by atoms with Gasteiger partial charge >= 0.3 is 7.12 Å². The molecule has 0 unspecified atom stereocenters. The molecule has 0 radical (unpaired) electrons. The van der Waals surface area contributed by atoms with E-state index in [0.29, 0.717) is 0 Å².